The Morgan fingerprint density at radius 3 is 3.13 bits per heavy atom. The van der Waals surface area contributed by atoms with Crippen molar-refractivity contribution in [1.82, 2.24) is 0 Å². The quantitative estimate of drug-likeness (QED) is 0.276. The van der Waals surface area contributed by atoms with E-state index in [0.29, 0.717) is 5.92 Å². The number of dihydropyridines is 1. The summed E-state index contributed by atoms with van der Waals surface area (Å²) in [6, 6.07) is 0. The van der Waals surface area contributed by atoms with Gasteiger partial charge in [-0.15, -0.1) is 0 Å². The number of nitrogens with zero attached hydrogens (tertiary/aromatic N) is 4. The molecule has 5 nitrogen and oxygen atoms in total. The van der Waals surface area contributed by atoms with Crippen LogP contribution < -0.4 is 0 Å². The second-order valence-corrected chi connectivity index (χ2v) is 4.83. The Morgan fingerprint density at radius 2 is 2.53 bits per heavy atom. The lowest BCUT2D eigenvalue weighted by atomic mass is 10.1. The van der Waals surface area contributed by atoms with Gasteiger partial charge in [0.1, 0.15) is 11.2 Å². The van der Waals surface area contributed by atoms with Gasteiger partial charge in [-0.1, -0.05) is 27.1 Å². The number of halogens is 1. The Labute approximate surface area is 95.6 Å². The van der Waals surface area contributed by atoms with Crippen LogP contribution >= 0.6 is 15.9 Å². The summed E-state index contributed by atoms with van der Waals surface area (Å²) in [6.07, 6.45) is 4.84. The first-order chi connectivity index (χ1) is 7.22. The summed E-state index contributed by atoms with van der Waals surface area (Å²) >= 11 is 3.40. The minimum Gasteiger partial charge on any atom is -0.387 e. The van der Waals surface area contributed by atoms with Gasteiger partial charge in [-0.05, 0) is 35.8 Å². The van der Waals surface area contributed by atoms with Crippen LogP contribution in [0.3, 0.4) is 0 Å². The van der Waals surface area contributed by atoms with Crippen molar-refractivity contribution in [3.63, 3.8) is 0 Å². The fourth-order valence-electron chi connectivity index (χ4n) is 1.83. The van der Waals surface area contributed by atoms with Gasteiger partial charge in [-0.25, -0.2) is 0 Å². The maximum Gasteiger partial charge on any atom is 0.136 e. The van der Waals surface area contributed by atoms with E-state index in [1.54, 1.807) is 0 Å². The first-order valence-electron chi connectivity index (χ1n) is 4.82. The average molecular weight is 271 g/mol. The topological polar surface area (TPSA) is 81.4 Å². The largest absolute Gasteiger partial charge is 0.387 e. The first-order valence-corrected chi connectivity index (χ1v) is 5.73. The second kappa shape index (κ2) is 4.35. The van der Waals surface area contributed by atoms with Crippen LogP contribution in [0.4, 0.5) is 0 Å². The molecule has 2 rings (SSSR count). The summed E-state index contributed by atoms with van der Waals surface area (Å²) < 4.78 is 0. The molecule has 6 heteroatoms. The molecule has 1 aliphatic heterocycles. The Bertz CT molecular complexity index is 361. The zero-order valence-electron chi connectivity index (χ0n) is 7.99. The molecule has 80 valence electrons. The smallest absolute Gasteiger partial charge is 0.136 e. The Balaban J connectivity index is 1.94. The summed E-state index contributed by atoms with van der Waals surface area (Å²) in [4.78, 5) is 7.03. The molecule has 0 radical (unpaired) electrons. The van der Waals surface area contributed by atoms with Crippen LogP contribution in [0.5, 0.6) is 0 Å². The van der Waals surface area contributed by atoms with Gasteiger partial charge in [0.15, 0.2) is 0 Å². The van der Waals surface area contributed by atoms with E-state index >= 15 is 0 Å². The molecule has 2 aliphatic rings. The van der Waals surface area contributed by atoms with Crippen molar-refractivity contribution in [2.75, 3.05) is 0 Å². The Hall–Kier alpha value is -0.840. The molecule has 0 saturated heterocycles. The van der Waals surface area contributed by atoms with E-state index in [1.165, 1.54) is 0 Å². The van der Waals surface area contributed by atoms with Gasteiger partial charge in [-0.2, -0.15) is 0 Å². The highest BCUT2D eigenvalue weighted by atomic mass is 79.9. The number of allylic oxidation sites excluding steroid dienone is 1. The van der Waals surface area contributed by atoms with Gasteiger partial charge in [0, 0.05) is 11.1 Å². The summed E-state index contributed by atoms with van der Waals surface area (Å²) in [6.45, 7) is 0. The highest BCUT2D eigenvalue weighted by Gasteiger charge is 2.44. The minimum atomic E-state index is -0.893. The number of azide groups is 1. The van der Waals surface area contributed by atoms with Crippen molar-refractivity contribution in [3.05, 3.63) is 22.1 Å². The van der Waals surface area contributed by atoms with Crippen molar-refractivity contribution in [3.8, 4) is 0 Å². The maximum atomic E-state index is 9.44. The molecule has 15 heavy (non-hydrogen) atoms. The van der Waals surface area contributed by atoms with Gasteiger partial charge in [0.25, 0.3) is 0 Å². The normalized spacial score (nSPS) is 35.3. The molecular formula is C9H11BrN4O. The van der Waals surface area contributed by atoms with Crippen LogP contribution in [0, 0.1) is 11.8 Å². The van der Waals surface area contributed by atoms with E-state index in [9.17, 15) is 5.11 Å². The van der Waals surface area contributed by atoms with Crippen LogP contribution in [0.2, 0.25) is 0 Å². The summed E-state index contributed by atoms with van der Waals surface area (Å²) in [5.41, 5.74) is 9.35. The number of aliphatic hydroxyl groups is 1. The average Bonchev–Trinajstić information content (AvgIpc) is 2.99. The molecule has 1 heterocycles. The molecule has 1 aliphatic carbocycles. The van der Waals surface area contributed by atoms with Gasteiger partial charge >= 0.3 is 0 Å². The van der Waals surface area contributed by atoms with E-state index in [0.717, 1.165) is 18.4 Å². The standard InChI is InChI=1S/C9H11BrN4O/c10-8-2-1-5(4-12-8)6-3-7(6)9(15)13-14-11/h1,4,6-9,15H,2-3H2/t6-,7+,8?,9?/m1/s1. The molecule has 0 amide bonds. The fourth-order valence-corrected chi connectivity index (χ4v) is 2.13. The molecule has 0 aromatic rings. The molecule has 0 aromatic carbocycles. The molecule has 0 aromatic heterocycles. The molecule has 0 spiro atoms. The van der Waals surface area contributed by atoms with Gasteiger partial charge in [0.05, 0.1) is 0 Å². The van der Waals surface area contributed by atoms with Crippen LogP contribution in [0.25, 0.3) is 10.4 Å². The van der Waals surface area contributed by atoms with Crippen molar-refractivity contribution in [2.45, 2.75) is 24.0 Å². The lowest BCUT2D eigenvalue weighted by Crippen LogP contribution is -2.09. The monoisotopic (exact) mass is 270 g/mol. The van der Waals surface area contributed by atoms with Crippen LogP contribution in [-0.4, -0.2) is 22.5 Å². The van der Waals surface area contributed by atoms with Crippen LogP contribution in [0.1, 0.15) is 12.8 Å². The predicted octanol–water partition coefficient (Wildman–Crippen LogP) is 2.37. The van der Waals surface area contributed by atoms with Crippen LogP contribution in [-0.2, 0) is 0 Å². The SMILES string of the molecule is [N-]=[N+]=NC(O)[C@H]1C[C@@H]1C1=CCC(Br)N=C1. The van der Waals surface area contributed by atoms with Crippen molar-refractivity contribution in [2.24, 2.45) is 21.9 Å². The third-order valence-corrected chi connectivity index (χ3v) is 3.36. The fraction of sp³-hybridized carbons (Fsp3) is 0.667. The molecule has 4 atom stereocenters. The molecule has 2 unspecified atom stereocenters. The highest BCUT2D eigenvalue weighted by molar-refractivity contribution is 9.09. The Kier molecular flexibility index (Phi) is 3.09. The summed E-state index contributed by atoms with van der Waals surface area (Å²) in [5.74, 6) is 0.389. The van der Waals surface area contributed by atoms with E-state index < -0.39 is 6.23 Å². The van der Waals surface area contributed by atoms with Crippen molar-refractivity contribution in [1.29, 1.82) is 0 Å². The van der Waals surface area contributed by atoms with E-state index in [-0.39, 0.29) is 10.9 Å². The van der Waals surface area contributed by atoms with Gasteiger partial charge in [0.2, 0.25) is 0 Å². The number of alkyl halides is 1. The number of hydrogen-bond donors (Lipinski definition) is 1. The third kappa shape index (κ3) is 2.40. The minimum absolute atomic E-state index is 0.0745. The van der Waals surface area contributed by atoms with E-state index in [1.807, 2.05) is 6.21 Å². The molecule has 1 saturated carbocycles. The third-order valence-electron chi connectivity index (χ3n) is 2.75. The summed E-state index contributed by atoms with van der Waals surface area (Å²) in [7, 11) is 0. The lowest BCUT2D eigenvalue weighted by molar-refractivity contribution is 0.154. The molecule has 1 fully saturated rings. The van der Waals surface area contributed by atoms with Gasteiger partial charge in [-0.3, -0.25) is 4.99 Å². The van der Waals surface area contributed by atoms with Crippen molar-refractivity contribution >= 4 is 22.1 Å². The first kappa shape index (κ1) is 10.7. The maximum absolute atomic E-state index is 9.44. The van der Waals surface area contributed by atoms with E-state index in [2.05, 4.69) is 37.0 Å². The molecule has 1 N–H and O–H groups in total. The predicted molar refractivity (Wildman–Crippen MR) is 60.7 cm³/mol. The molecule has 0 bridgehead atoms. The Morgan fingerprint density at radius 1 is 1.73 bits per heavy atom. The number of rotatable bonds is 3. The zero-order chi connectivity index (χ0) is 10.8. The molecular weight excluding hydrogens is 260 g/mol. The number of aliphatic imine (C=N–C) groups is 1. The van der Waals surface area contributed by atoms with E-state index in [4.69, 9.17) is 5.53 Å². The number of aliphatic hydroxyl groups excluding tert-OH is 1. The highest BCUT2D eigenvalue weighted by Crippen LogP contribution is 2.47. The lowest BCUT2D eigenvalue weighted by Gasteiger charge is -2.10. The zero-order valence-corrected chi connectivity index (χ0v) is 9.58. The van der Waals surface area contributed by atoms with Crippen molar-refractivity contribution < 1.29 is 5.11 Å². The number of hydrogen-bond acceptors (Lipinski definition) is 3. The second-order valence-electron chi connectivity index (χ2n) is 3.78. The van der Waals surface area contributed by atoms with Gasteiger partial charge < -0.3 is 5.11 Å². The van der Waals surface area contributed by atoms with Crippen LogP contribution in [0.15, 0.2) is 21.8 Å². The summed E-state index contributed by atoms with van der Waals surface area (Å²) in [5, 5.41) is 12.7.